The van der Waals surface area contributed by atoms with Gasteiger partial charge in [0, 0.05) is 0 Å². The fourth-order valence-corrected chi connectivity index (χ4v) is 1.19. The first kappa shape index (κ1) is 7.32. The quantitative estimate of drug-likeness (QED) is 0.564. The molecule has 0 aromatic carbocycles. The van der Waals surface area contributed by atoms with Crippen LogP contribution in [0, 0.1) is 5.92 Å². The molecule has 1 atom stereocenters. The van der Waals surface area contributed by atoms with Crippen LogP contribution in [0.2, 0.25) is 0 Å². The number of carboxylic acid groups (broad SMARTS) is 1. The molecule has 0 unspecified atom stereocenters. The van der Waals surface area contributed by atoms with Gasteiger partial charge in [-0.2, -0.15) is 0 Å². The zero-order valence-corrected chi connectivity index (χ0v) is 5.92. The molecule has 0 bridgehead atoms. The van der Waals surface area contributed by atoms with Crippen molar-refractivity contribution in [1.82, 2.24) is 0 Å². The van der Waals surface area contributed by atoms with Crippen molar-refractivity contribution in [1.29, 1.82) is 0 Å². The fourth-order valence-electron chi connectivity index (χ4n) is 1.19. The lowest BCUT2D eigenvalue weighted by Gasteiger charge is -2.02. The van der Waals surface area contributed by atoms with E-state index in [-0.39, 0.29) is 5.92 Å². The van der Waals surface area contributed by atoms with Crippen molar-refractivity contribution in [2.24, 2.45) is 5.92 Å². The molecule has 1 aliphatic rings. The Bertz CT molecular complexity index is 149. The minimum absolute atomic E-state index is 0.220. The summed E-state index contributed by atoms with van der Waals surface area (Å²) in [6, 6.07) is 0. The van der Waals surface area contributed by atoms with Gasteiger partial charge in [-0.05, 0) is 19.3 Å². The van der Waals surface area contributed by atoms with Crippen LogP contribution in [-0.4, -0.2) is 11.1 Å². The van der Waals surface area contributed by atoms with Crippen molar-refractivity contribution in [3.63, 3.8) is 0 Å². The Morgan fingerprint density at radius 3 is 3.00 bits per heavy atom. The second-order valence-electron chi connectivity index (χ2n) is 2.66. The van der Waals surface area contributed by atoms with E-state index in [1.807, 2.05) is 12.2 Å². The maximum absolute atomic E-state index is 10.5. The summed E-state index contributed by atoms with van der Waals surface area (Å²) in [6.45, 7) is 0. The summed E-state index contributed by atoms with van der Waals surface area (Å²) in [5.74, 6) is -0.902. The van der Waals surface area contributed by atoms with Gasteiger partial charge in [0.1, 0.15) is 0 Å². The van der Waals surface area contributed by atoms with Crippen LogP contribution in [0.3, 0.4) is 0 Å². The van der Waals surface area contributed by atoms with Crippen LogP contribution in [0.1, 0.15) is 25.7 Å². The van der Waals surface area contributed by atoms with Crippen molar-refractivity contribution in [2.45, 2.75) is 25.7 Å². The topological polar surface area (TPSA) is 37.3 Å². The minimum atomic E-state index is -0.682. The van der Waals surface area contributed by atoms with Crippen LogP contribution in [0.15, 0.2) is 12.2 Å². The second-order valence-corrected chi connectivity index (χ2v) is 2.66. The largest absolute Gasteiger partial charge is 0.481 e. The summed E-state index contributed by atoms with van der Waals surface area (Å²) in [7, 11) is 0. The van der Waals surface area contributed by atoms with E-state index in [9.17, 15) is 4.79 Å². The first-order valence-corrected chi connectivity index (χ1v) is 3.70. The van der Waals surface area contributed by atoms with Gasteiger partial charge in [0.15, 0.2) is 0 Å². The smallest absolute Gasteiger partial charge is 0.310 e. The van der Waals surface area contributed by atoms with Crippen molar-refractivity contribution in [3.8, 4) is 0 Å². The molecule has 2 heteroatoms. The number of hydrogen-bond donors (Lipinski definition) is 1. The zero-order chi connectivity index (χ0) is 7.40. The Kier molecular flexibility index (Phi) is 2.49. The summed E-state index contributed by atoms with van der Waals surface area (Å²) in [6.07, 6.45) is 7.83. The highest BCUT2D eigenvalue weighted by atomic mass is 16.4. The summed E-state index contributed by atoms with van der Waals surface area (Å²) < 4.78 is 0. The predicted molar refractivity (Wildman–Crippen MR) is 38.7 cm³/mol. The van der Waals surface area contributed by atoms with Crippen molar-refractivity contribution in [3.05, 3.63) is 12.2 Å². The molecule has 56 valence electrons. The molecule has 0 amide bonds. The maximum Gasteiger partial charge on any atom is 0.310 e. The summed E-state index contributed by atoms with van der Waals surface area (Å²) in [5, 5.41) is 8.61. The first-order valence-electron chi connectivity index (χ1n) is 3.70. The average Bonchev–Trinajstić information content (AvgIpc) is 2.12. The molecule has 0 spiro atoms. The molecule has 0 saturated carbocycles. The molecule has 0 heterocycles. The highest BCUT2D eigenvalue weighted by molar-refractivity contribution is 5.72. The van der Waals surface area contributed by atoms with Crippen molar-refractivity contribution >= 4 is 5.97 Å². The van der Waals surface area contributed by atoms with E-state index in [0.717, 1.165) is 25.7 Å². The SMILES string of the molecule is O=C(O)[C@@H]1C=CCCCC1. The molecule has 0 saturated heterocycles. The summed E-state index contributed by atoms with van der Waals surface area (Å²) >= 11 is 0. The molecule has 2 nitrogen and oxygen atoms in total. The van der Waals surface area contributed by atoms with Gasteiger partial charge in [-0.25, -0.2) is 0 Å². The molecule has 1 rings (SSSR count). The standard InChI is InChI=1S/C8H12O2/c9-8(10)7-5-3-1-2-4-6-7/h3,5,7H,1-2,4,6H2,(H,9,10)/t7-/m1/s1. The monoisotopic (exact) mass is 140 g/mol. The number of allylic oxidation sites excluding steroid dienone is 1. The molecule has 1 N–H and O–H groups in total. The lowest BCUT2D eigenvalue weighted by Crippen LogP contribution is -2.09. The third-order valence-electron chi connectivity index (χ3n) is 1.82. The van der Waals surface area contributed by atoms with Gasteiger partial charge in [-0.3, -0.25) is 4.79 Å². The van der Waals surface area contributed by atoms with E-state index in [1.165, 1.54) is 0 Å². The molecular weight excluding hydrogens is 128 g/mol. The van der Waals surface area contributed by atoms with E-state index in [2.05, 4.69) is 0 Å². The molecular formula is C8H12O2. The summed E-state index contributed by atoms with van der Waals surface area (Å²) in [5.41, 5.74) is 0. The van der Waals surface area contributed by atoms with E-state index in [4.69, 9.17) is 5.11 Å². The molecule has 0 radical (unpaired) electrons. The minimum Gasteiger partial charge on any atom is -0.481 e. The summed E-state index contributed by atoms with van der Waals surface area (Å²) in [4.78, 5) is 10.5. The zero-order valence-electron chi connectivity index (χ0n) is 5.92. The van der Waals surface area contributed by atoms with Crippen LogP contribution in [0.5, 0.6) is 0 Å². The van der Waals surface area contributed by atoms with E-state index in [0.29, 0.717) is 0 Å². The average molecular weight is 140 g/mol. The fraction of sp³-hybridized carbons (Fsp3) is 0.625. The Balaban J connectivity index is 2.49. The molecule has 0 aromatic heterocycles. The van der Waals surface area contributed by atoms with Gasteiger partial charge in [0.05, 0.1) is 5.92 Å². The number of rotatable bonds is 1. The Labute approximate surface area is 60.6 Å². The second kappa shape index (κ2) is 3.40. The van der Waals surface area contributed by atoms with Gasteiger partial charge in [0.2, 0.25) is 0 Å². The van der Waals surface area contributed by atoms with Crippen LogP contribution < -0.4 is 0 Å². The van der Waals surface area contributed by atoms with Gasteiger partial charge in [0.25, 0.3) is 0 Å². The Hall–Kier alpha value is -0.790. The van der Waals surface area contributed by atoms with Crippen LogP contribution in [0.4, 0.5) is 0 Å². The number of aliphatic carboxylic acids is 1. The predicted octanol–water partition coefficient (Wildman–Crippen LogP) is 1.82. The van der Waals surface area contributed by atoms with Crippen molar-refractivity contribution in [2.75, 3.05) is 0 Å². The Morgan fingerprint density at radius 2 is 2.30 bits per heavy atom. The third kappa shape index (κ3) is 1.87. The number of carbonyl (C=O) groups is 1. The van der Waals surface area contributed by atoms with Crippen LogP contribution in [0.25, 0.3) is 0 Å². The van der Waals surface area contributed by atoms with Gasteiger partial charge in [-0.1, -0.05) is 18.6 Å². The van der Waals surface area contributed by atoms with E-state index in [1.54, 1.807) is 0 Å². The van der Waals surface area contributed by atoms with Gasteiger partial charge >= 0.3 is 5.97 Å². The lowest BCUT2D eigenvalue weighted by atomic mass is 10.0. The van der Waals surface area contributed by atoms with Crippen LogP contribution in [-0.2, 0) is 4.79 Å². The molecule has 0 aliphatic heterocycles. The maximum atomic E-state index is 10.5. The third-order valence-corrected chi connectivity index (χ3v) is 1.82. The Morgan fingerprint density at radius 1 is 1.50 bits per heavy atom. The number of carboxylic acids is 1. The highest BCUT2D eigenvalue weighted by Crippen LogP contribution is 2.16. The van der Waals surface area contributed by atoms with Crippen LogP contribution >= 0.6 is 0 Å². The number of hydrogen-bond acceptors (Lipinski definition) is 1. The highest BCUT2D eigenvalue weighted by Gasteiger charge is 2.13. The van der Waals surface area contributed by atoms with Gasteiger partial charge in [-0.15, -0.1) is 0 Å². The molecule has 10 heavy (non-hydrogen) atoms. The molecule has 0 aromatic rings. The molecule has 1 aliphatic carbocycles. The van der Waals surface area contributed by atoms with Gasteiger partial charge < -0.3 is 5.11 Å². The first-order chi connectivity index (χ1) is 4.80. The van der Waals surface area contributed by atoms with Crippen molar-refractivity contribution < 1.29 is 9.90 Å². The molecule has 0 fully saturated rings. The lowest BCUT2D eigenvalue weighted by molar-refractivity contribution is -0.140. The van der Waals surface area contributed by atoms with E-state index < -0.39 is 5.97 Å². The van der Waals surface area contributed by atoms with E-state index >= 15 is 0 Å². The normalized spacial score (nSPS) is 25.8.